The zero-order valence-corrected chi connectivity index (χ0v) is 11.0. The van der Waals surface area contributed by atoms with Crippen molar-refractivity contribution in [2.24, 2.45) is 0 Å². The van der Waals surface area contributed by atoms with Crippen LogP contribution in [-0.2, 0) is 0 Å². The first-order chi connectivity index (χ1) is 9.40. The maximum absolute atomic E-state index is 12.9. The summed E-state index contributed by atoms with van der Waals surface area (Å²) in [7, 11) is 0. The molecule has 0 bridgehead atoms. The fraction of sp³-hybridized carbons (Fsp3) is 0.214. The van der Waals surface area contributed by atoms with Gasteiger partial charge in [0.15, 0.2) is 0 Å². The van der Waals surface area contributed by atoms with Crippen LogP contribution in [0.15, 0.2) is 35.1 Å². The van der Waals surface area contributed by atoms with E-state index in [2.05, 4.69) is 5.10 Å². The van der Waals surface area contributed by atoms with Gasteiger partial charge in [-0.1, -0.05) is 12.1 Å². The molecule has 0 saturated carbocycles. The number of hydrogen-bond acceptors (Lipinski definition) is 3. The highest BCUT2D eigenvalue weighted by Crippen LogP contribution is 2.16. The van der Waals surface area contributed by atoms with Crippen LogP contribution in [0.25, 0.3) is 0 Å². The Morgan fingerprint density at radius 3 is 2.50 bits per heavy atom. The average molecular weight is 276 g/mol. The van der Waals surface area contributed by atoms with Gasteiger partial charge in [-0.05, 0) is 37.6 Å². The third kappa shape index (κ3) is 2.59. The summed E-state index contributed by atoms with van der Waals surface area (Å²) in [5.74, 6) is -1.67. The molecule has 0 saturated heterocycles. The van der Waals surface area contributed by atoms with E-state index in [9.17, 15) is 14.0 Å². The normalized spacial score (nSPS) is 12.2. The number of aromatic nitrogens is 2. The topological polar surface area (TPSA) is 72.2 Å². The van der Waals surface area contributed by atoms with Gasteiger partial charge in [-0.25, -0.2) is 13.9 Å². The molecule has 0 aliphatic carbocycles. The standard InChI is InChI=1S/C14H13FN2O3/c1-8-7-12(14(19)20)13(18)17(16-8)9(2)10-3-5-11(15)6-4-10/h3-7,9H,1-2H3,(H,19,20)/t9-/m0/s1. The fourth-order valence-corrected chi connectivity index (χ4v) is 1.94. The second-order valence-electron chi connectivity index (χ2n) is 4.48. The number of carboxylic acids is 1. The maximum atomic E-state index is 12.9. The number of carbonyl (C=O) groups is 1. The molecule has 20 heavy (non-hydrogen) atoms. The molecule has 1 aromatic heterocycles. The first-order valence-corrected chi connectivity index (χ1v) is 5.99. The molecular weight excluding hydrogens is 263 g/mol. The molecule has 1 heterocycles. The summed E-state index contributed by atoms with van der Waals surface area (Å²) in [6, 6.07) is 6.39. The molecular formula is C14H13FN2O3. The van der Waals surface area contributed by atoms with Crippen LogP contribution in [0.5, 0.6) is 0 Å². The Kier molecular flexibility index (Phi) is 3.65. The van der Waals surface area contributed by atoms with Crippen molar-refractivity contribution in [3.8, 4) is 0 Å². The lowest BCUT2D eigenvalue weighted by molar-refractivity contribution is 0.0693. The second-order valence-corrected chi connectivity index (χ2v) is 4.48. The van der Waals surface area contributed by atoms with Crippen molar-refractivity contribution in [2.75, 3.05) is 0 Å². The Bertz CT molecular complexity index is 707. The van der Waals surface area contributed by atoms with Gasteiger partial charge in [-0.2, -0.15) is 5.10 Å². The molecule has 2 aromatic rings. The highest BCUT2D eigenvalue weighted by Gasteiger charge is 2.17. The summed E-state index contributed by atoms with van der Waals surface area (Å²) in [5.41, 5.74) is 0.0882. The monoisotopic (exact) mass is 276 g/mol. The van der Waals surface area contributed by atoms with Crippen molar-refractivity contribution in [1.29, 1.82) is 0 Å². The molecule has 5 nitrogen and oxygen atoms in total. The summed E-state index contributed by atoms with van der Waals surface area (Å²) in [5, 5.41) is 13.1. The van der Waals surface area contributed by atoms with E-state index < -0.39 is 17.6 Å². The fourth-order valence-electron chi connectivity index (χ4n) is 1.94. The molecule has 1 atom stereocenters. The van der Waals surface area contributed by atoms with Crippen LogP contribution in [0.1, 0.15) is 34.6 Å². The van der Waals surface area contributed by atoms with Crippen LogP contribution in [0.2, 0.25) is 0 Å². The number of halogens is 1. The van der Waals surface area contributed by atoms with E-state index >= 15 is 0 Å². The predicted octanol–water partition coefficient (Wildman–Crippen LogP) is 2.00. The van der Waals surface area contributed by atoms with Crippen LogP contribution >= 0.6 is 0 Å². The first-order valence-electron chi connectivity index (χ1n) is 5.99. The van der Waals surface area contributed by atoms with Crippen molar-refractivity contribution < 1.29 is 14.3 Å². The molecule has 0 radical (unpaired) electrons. The SMILES string of the molecule is Cc1cc(C(=O)O)c(=O)n([C@@H](C)c2ccc(F)cc2)n1. The van der Waals surface area contributed by atoms with Crippen LogP contribution in [0, 0.1) is 12.7 Å². The van der Waals surface area contributed by atoms with E-state index in [4.69, 9.17) is 5.11 Å². The van der Waals surface area contributed by atoms with Gasteiger partial charge in [0.1, 0.15) is 11.4 Å². The van der Waals surface area contributed by atoms with Gasteiger partial charge in [0.25, 0.3) is 5.56 Å². The number of aromatic carboxylic acids is 1. The van der Waals surface area contributed by atoms with Gasteiger partial charge in [0, 0.05) is 0 Å². The van der Waals surface area contributed by atoms with Gasteiger partial charge >= 0.3 is 5.97 Å². The molecule has 0 unspecified atom stereocenters. The zero-order chi connectivity index (χ0) is 14.9. The minimum Gasteiger partial charge on any atom is -0.477 e. The van der Waals surface area contributed by atoms with Crippen LogP contribution in [-0.4, -0.2) is 20.9 Å². The summed E-state index contributed by atoms with van der Waals surface area (Å²) in [6.07, 6.45) is 0. The minimum absolute atomic E-state index is 0.327. The van der Waals surface area contributed by atoms with Gasteiger partial charge in [-0.3, -0.25) is 4.79 Å². The van der Waals surface area contributed by atoms with Gasteiger partial charge < -0.3 is 5.11 Å². The lowest BCUT2D eigenvalue weighted by Crippen LogP contribution is -2.31. The Morgan fingerprint density at radius 1 is 1.35 bits per heavy atom. The summed E-state index contributed by atoms with van der Waals surface area (Å²) < 4.78 is 14.0. The predicted molar refractivity (Wildman–Crippen MR) is 70.4 cm³/mol. The van der Waals surface area contributed by atoms with E-state index in [-0.39, 0.29) is 11.4 Å². The van der Waals surface area contributed by atoms with Crippen molar-refractivity contribution in [3.63, 3.8) is 0 Å². The van der Waals surface area contributed by atoms with Crippen molar-refractivity contribution in [2.45, 2.75) is 19.9 Å². The molecule has 0 amide bonds. The van der Waals surface area contributed by atoms with Gasteiger partial charge in [-0.15, -0.1) is 0 Å². The third-order valence-corrected chi connectivity index (χ3v) is 3.01. The number of hydrogen-bond donors (Lipinski definition) is 1. The molecule has 0 aliphatic rings. The van der Waals surface area contributed by atoms with Crippen molar-refractivity contribution in [1.82, 2.24) is 9.78 Å². The third-order valence-electron chi connectivity index (χ3n) is 3.01. The Balaban J connectivity index is 2.55. The van der Waals surface area contributed by atoms with E-state index in [0.29, 0.717) is 11.3 Å². The number of benzene rings is 1. The van der Waals surface area contributed by atoms with Gasteiger partial charge in [0.05, 0.1) is 11.7 Å². The molecule has 0 aliphatic heterocycles. The Labute approximate surface area is 114 Å². The summed E-state index contributed by atoms with van der Waals surface area (Å²) >= 11 is 0. The second kappa shape index (κ2) is 5.24. The number of carboxylic acid groups (broad SMARTS) is 1. The quantitative estimate of drug-likeness (QED) is 0.930. The molecule has 0 spiro atoms. The maximum Gasteiger partial charge on any atom is 0.341 e. The van der Waals surface area contributed by atoms with E-state index in [1.807, 2.05) is 0 Å². The zero-order valence-electron chi connectivity index (χ0n) is 11.0. The van der Waals surface area contributed by atoms with Crippen molar-refractivity contribution in [3.05, 3.63) is 63.3 Å². The van der Waals surface area contributed by atoms with Crippen LogP contribution in [0.3, 0.4) is 0 Å². The van der Waals surface area contributed by atoms with E-state index in [1.165, 1.54) is 30.3 Å². The summed E-state index contributed by atoms with van der Waals surface area (Å²) in [4.78, 5) is 23.1. The molecule has 6 heteroatoms. The van der Waals surface area contributed by atoms with Crippen LogP contribution in [0.4, 0.5) is 4.39 Å². The first kappa shape index (κ1) is 13.9. The molecule has 0 fully saturated rings. The summed E-state index contributed by atoms with van der Waals surface area (Å²) in [6.45, 7) is 3.31. The number of aryl methyl sites for hydroxylation is 1. The average Bonchev–Trinajstić information content (AvgIpc) is 2.41. The number of nitrogens with zero attached hydrogens (tertiary/aromatic N) is 2. The molecule has 104 valence electrons. The van der Waals surface area contributed by atoms with E-state index in [1.54, 1.807) is 13.8 Å². The molecule has 1 N–H and O–H groups in total. The molecule has 1 aromatic carbocycles. The Morgan fingerprint density at radius 2 is 1.95 bits per heavy atom. The lowest BCUT2D eigenvalue weighted by atomic mass is 10.1. The highest BCUT2D eigenvalue weighted by atomic mass is 19.1. The number of rotatable bonds is 3. The van der Waals surface area contributed by atoms with Gasteiger partial charge in [0.2, 0.25) is 0 Å². The minimum atomic E-state index is -1.29. The van der Waals surface area contributed by atoms with Crippen molar-refractivity contribution >= 4 is 5.97 Å². The lowest BCUT2D eigenvalue weighted by Gasteiger charge is -2.15. The smallest absolute Gasteiger partial charge is 0.341 e. The van der Waals surface area contributed by atoms with E-state index in [0.717, 1.165) is 4.68 Å². The van der Waals surface area contributed by atoms with Crippen LogP contribution < -0.4 is 5.56 Å². The highest BCUT2D eigenvalue weighted by molar-refractivity contribution is 5.87. The Hall–Kier alpha value is -2.50. The largest absolute Gasteiger partial charge is 0.477 e. The molecule has 2 rings (SSSR count).